The molecule has 0 saturated carbocycles. The number of nitrogens with two attached hydrogens (primary N) is 1. The molecule has 1 heterocycles. The van der Waals surface area contributed by atoms with E-state index in [0.717, 1.165) is 25.0 Å². The van der Waals surface area contributed by atoms with Crippen LogP contribution < -0.4 is 5.73 Å². The van der Waals surface area contributed by atoms with Crippen molar-refractivity contribution < 1.29 is 4.74 Å². The summed E-state index contributed by atoms with van der Waals surface area (Å²) >= 11 is 0. The van der Waals surface area contributed by atoms with Crippen LogP contribution in [0.15, 0.2) is 54.3 Å². The van der Waals surface area contributed by atoms with Crippen molar-refractivity contribution in [3.05, 3.63) is 59.9 Å². The normalized spacial score (nSPS) is 17.1. The van der Waals surface area contributed by atoms with Gasteiger partial charge in [-0.25, -0.2) is 0 Å². The number of hydrogen-bond acceptors (Lipinski definition) is 2. The van der Waals surface area contributed by atoms with Crippen molar-refractivity contribution in [1.82, 2.24) is 0 Å². The third-order valence-electron chi connectivity index (χ3n) is 3.49. The lowest BCUT2D eigenvalue weighted by Gasteiger charge is -2.20. The van der Waals surface area contributed by atoms with Crippen molar-refractivity contribution in [3.8, 4) is 0 Å². The first-order chi connectivity index (χ1) is 8.84. The molecule has 0 bridgehead atoms. The van der Waals surface area contributed by atoms with Gasteiger partial charge in [-0.2, -0.15) is 0 Å². The second-order valence-corrected chi connectivity index (χ2v) is 4.75. The van der Waals surface area contributed by atoms with Gasteiger partial charge in [0, 0.05) is 0 Å². The highest BCUT2D eigenvalue weighted by Crippen LogP contribution is 2.27. The van der Waals surface area contributed by atoms with Crippen molar-refractivity contribution in [3.63, 3.8) is 0 Å². The maximum absolute atomic E-state index is 6.31. The Kier molecular flexibility index (Phi) is 3.03. The molecule has 0 spiro atoms. The van der Waals surface area contributed by atoms with Gasteiger partial charge in [0.1, 0.15) is 0 Å². The average Bonchev–Trinajstić information content (AvgIpc) is 2.47. The number of hydrogen-bond donors (Lipinski definition) is 1. The predicted octanol–water partition coefficient (Wildman–Crippen LogP) is 3.53. The average molecular weight is 239 g/mol. The summed E-state index contributed by atoms with van der Waals surface area (Å²) in [4.78, 5) is 0. The molecule has 0 aliphatic carbocycles. The Bertz CT molecular complexity index is 588. The Morgan fingerprint density at radius 1 is 1.06 bits per heavy atom. The van der Waals surface area contributed by atoms with E-state index in [1.165, 1.54) is 16.3 Å². The van der Waals surface area contributed by atoms with E-state index in [1.807, 2.05) is 6.26 Å². The molecule has 2 nitrogen and oxygen atoms in total. The van der Waals surface area contributed by atoms with Crippen molar-refractivity contribution in [1.29, 1.82) is 0 Å². The zero-order valence-corrected chi connectivity index (χ0v) is 10.3. The maximum Gasteiger partial charge on any atom is 0.0876 e. The van der Waals surface area contributed by atoms with Gasteiger partial charge in [-0.05, 0) is 40.8 Å². The number of ether oxygens (including phenoxy) is 1. The Morgan fingerprint density at radius 2 is 1.89 bits per heavy atom. The first kappa shape index (κ1) is 11.3. The largest absolute Gasteiger partial charge is 0.501 e. The van der Waals surface area contributed by atoms with Crippen molar-refractivity contribution >= 4 is 10.8 Å². The fraction of sp³-hybridized carbons (Fsp3) is 0.250. The van der Waals surface area contributed by atoms with Crippen LogP contribution in [0.25, 0.3) is 10.8 Å². The number of fused-ring (bicyclic) bond motifs is 1. The molecule has 1 aliphatic rings. The van der Waals surface area contributed by atoms with Gasteiger partial charge in [0.15, 0.2) is 0 Å². The number of benzene rings is 2. The molecule has 2 heteroatoms. The van der Waals surface area contributed by atoms with Gasteiger partial charge in [0.25, 0.3) is 0 Å². The molecule has 0 saturated heterocycles. The van der Waals surface area contributed by atoms with Crippen molar-refractivity contribution in [2.45, 2.75) is 18.9 Å². The van der Waals surface area contributed by atoms with Crippen LogP contribution in [-0.2, 0) is 4.74 Å². The molecule has 92 valence electrons. The topological polar surface area (TPSA) is 35.2 Å². The quantitative estimate of drug-likeness (QED) is 0.870. The van der Waals surface area contributed by atoms with E-state index >= 15 is 0 Å². The molecule has 2 aromatic rings. The summed E-state index contributed by atoms with van der Waals surface area (Å²) in [5, 5.41) is 2.49. The van der Waals surface area contributed by atoms with Crippen LogP contribution in [0.2, 0.25) is 0 Å². The van der Waals surface area contributed by atoms with Crippen LogP contribution >= 0.6 is 0 Å². The van der Waals surface area contributed by atoms with Gasteiger partial charge in [0.05, 0.1) is 18.9 Å². The molecule has 1 atom stereocenters. The van der Waals surface area contributed by atoms with Crippen molar-refractivity contribution in [2.75, 3.05) is 6.61 Å². The summed E-state index contributed by atoms with van der Waals surface area (Å²) in [6, 6.07) is 14.7. The summed E-state index contributed by atoms with van der Waals surface area (Å²) in [5.74, 6) is 0. The molecule has 0 aromatic heterocycles. The predicted molar refractivity (Wildman–Crippen MR) is 74.1 cm³/mol. The molecular formula is C16H17NO. The van der Waals surface area contributed by atoms with Gasteiger partial charge in [-0.1, -0.05) is 36.4 Å². The van der Waals surface area contributed by atoms with E-state index in [1.54, 1.807) is 0 Å². The summed E-state index contributed by atoms with van der Waals surface area (Å²) in [7, 11) is 0. The van der Waals surface area contributed by atoms with Crippen LogP contribution in [0.3, 0.4) is 0 Å². The smallest absolute Gasteiger partial charge is 0.0876 e. The molecule has 1 aliphatic heterocycles. The third-order valence-corrected chi connectivity index (χ3v) is 3.49. The van der Waals surface area contributed by atoms with E-state index in [9.17, 15) is 0 Å². The van der Waals surface area contributed by atoms with Gasteiger partial charge in [-0.3, -0.25) is 0 Å². The fourth-order valence-corrected chi connectivity index (χ4v) is 2.43. The monoisotopic (exact) mass is 239 g/mol. The standard InChI is InChI=1S/C16H17NO/c17-16(15-6-3-9-18-11-15)14-8-7-12-4-1-2-5-13(12)10-14/h1-2,4-5,7-8,10-11,16H,3,6,9,17H2. The molecule has 3 rings (SSSR count). The van der Waals surface area contributed by atoms with Gasteiger partial charge >= 0.3 is 0 Å². The Morgan fingerprint density at radius 3 is 2.67 bits per heavy atom. The van der Waals surface area contributed by atoms with Crippen LogP contribution in [0.5, 0.6) is 0 Å². The Hall–Kier alpha value is -1.80. The maximum atomic E-state index is 6.31. The van der Waals surface area contributed by atoms with E-state index in [2.05, 4.69) is 42.5 Å². The molecule has 2 N–H and O–H groups in total. The molecule has 1 unspecified atom stereocenters. The Balaban J connectivity index is 1.96. The Labute approximate surface area is 107 Å². The van der Waals surface area contributed by atoms with E-state index in [4.69, 9.17) is 10.5 Å². The fourth-order valence-electron chi connectivity index (χ4n) is 2.43. The molecular weight excluding hydrogens is 222 g/mol. The molecule has 0 amide bonds. The highest BCUT2D eigenvalue weighted by Gasteiger charge is 2.15. The van der Waals surface area contributed by atoms with Crippen molar-refractivity contribution in [2.24, 2.45) is 5.73 Å². The lowest BCUT2D eigenvalue weighted by atomic mass is 9.94. The first-order valence-electron chi connectivity index (χ1n) is 6.39. The molecule has 18 heavy (non-hydrogen) atoms. The molecule has 0 fully saturated rings. The summed E-state index contributed by atoms with van der Waals surface area (Å²) < 4.78 is 5.37. The van der Waals surface area contributed by atoms with Gasteiger partial charge < -0.3 is 10.5 Å². The first-order valence-corrected chi connectivity index (χ1v) is 6.39. The second kappa shape index (κ2) is 4.83. The zero-order valence-electron chi connectivity index (χ0n) is 10.3. The molecule has 2 aromatic carbocycles. The highest BCUT2D eigenvalue weighted by atomic mass is 16.5. The van der Waals surface area contributed by atoms with Gasteiger partial charge in [-0.15, -0.1) is 0 Å². The zero-order chi connectivity index (χ0) is 12.4. The lowest BCUT2D eigenvalue weighted by Crippen LogP contribution is -2.16. The highest BCUT2D eigenvalue weighted by molar-refractivity contribution is 5.83. The van der Waals surface area contributed by atoms with Crippen LogP contribution in [0.4, 0.5) is 0 Å². The van der Waals surface area contributed by atoms with Gasteiger partial charge in [0.2, 0.25) is 0 Å². The summed E-state index contributed by atoms with van der Waals surface area (Å²) in [6.07, 6.45) is 3.93. The SMILES string of the molecule is NC(C1=COCCC1)c1ccc2ccccc2c1. The minimum absolute atomic E-state index is 0.0464. The molecule has 0 radical (unpaired) electrons. The summed E-state index contributed by atoms with van der Waals surface area (Å²) in [5.41, 5.74) is 8.66. The third kappa shape index (κ3) is 2.12. The van der Waals surface area contributed by atoms with E-state index < -0.39 is 0 Å². The van der Waals surface area contributed by atoms with E-state index in [-0.39, 0.29) is 6.04 Å². The van der Waals surface area contributed by atoms with Crippen LogP contribution in [0, 0.1) is 0 Å². The number of rotatable bonds is 2. The summed E-state index contributed by atoms with van der Waals surface area (Å²) in [6.45, 7) is 0.813. The van der Waals surface area contributed by atoms with Crippen LogP contribution in [0.1, 0.15) is 24.4 Å². The minimum Gasteiger partial charge on any atom is -0.501 e. The second-order valence-electron chi connectivity index (χ2n) is 4.75. The minimum atomic E-state index is -0.0464. The van der Waals surface area contributed by atoms with E-state index in [0.29, 0.717) is 0 Å². The lowest BCUT2D eigenvalue weighted by molar-refractivity contribution is 0.221. The van der Waals surface area contributed by atoms with Crippen LogP contribution in [-0.4, -0.2) is 6.61 Å².